The molecule has 136 valence electrons. The highest BCUT2D eigenvalue weighted by atomic mass is 16.5. The molecule has 1 aromatic heterocycles. The Morgan fingerprint density at radius 1 is 1.23 bits per heavy atom. The Labute approximate surface area is 152 Å². The van der Waals surface area contributed by atoms with Gasteiger partial charge in [0.05, 0.1) is 36.6 Å². The second-order valence-corrected chi connectivity index (χ2v) is 6.31. The molecule has 0 bridgehead atoms. The van der Waals surface area contributed by atoms with Gasteiger partial charge in [-0.2, -0.15) is 0 Å². The largest absolute Gasteiger partial charge is 0.491 e. The van der Waals surface area contributed by atoms with Gasteiger partial charge in [-0.25, -0.2) is 9.78 Å². The lowest BCUT2D eigenvalue weighted by Gasteiger charge is -2.14. The summed E-state index contributed by atoms with van der Waals surface area (Å²) in [5.74, 6) is 0.0838. The van der Waals surface area contributed by atoms with Crippen molar-refractivity contribution in [3.8, 4) is 5.75 Å². The second kappa shape index (κ2) is 7.58. The maximum atomic E-state index is 11.6. The fourth-order valence-electron chi connectivity index (χ4n) is 2.76. The van der Waals surface area contributed by atoms with Crippen LogP contribution in [0.15, 0.2) is 42.7 Å². The third kappa shape index (κ3) is 3.86. The summed E-state index contributed by atoms with van der Waals surface area (Å²) in [6.45, 7) is 4.59. The van der Waals surface area contributed by atoms with Crippen LogP contribution in [0.1, 0.15) is 21.5 Å². The van der Waals surface area contributed by atoms with Gasteiger partial charge in [0, 0.05) is 0 Å². The number of benzene rings is 2. The van der Waals surface area contributed by atoms with E-state index in [2.05, 4.69) is 24.9 Å². The van der Waals surface area contributed by atoms with E-state index in [4.69, 9.17) is 9.47 Å². The van der Waals surface area contributed by atoms with Crippen LogP contribution in [0, 0.1) is 13.8 Å². The summed E-state index contributed by atoms with van der Waals surface area (Å²) >= 11 is 0. The first kappa shape index (κ1) is 17.9. The number of esters is 1. The fourth-order valence-corrected chi connectivity index (χ4v) is 2.76. The summed E-state index contributed by atoms with van der Waals surface area (Å²) in [7, 11) is 1.33. The highest BCUT2D eigenvalue weighted by molar-refractivity contribution is 5.89. The zero-order valence-corrected chi connectivity index (χ0v) is 15.1. The van der Waals surface area contributed by atoms with Gasteiger partial charge < -0.3 is 19.1 Å². The number of methoxy groups -OCH3 is 1. The van der Waals surface area contributed by atoms with E-state index in [1.807, 2.05) is 10.6 Å². The Morgan fingerprint density at radius 3 is 2.77 bits per heavy atom. The smallest absolute Gasteiger partial charge is 0.337 e. The number of rotatable bonds is 6. The van der Waals surface area contributed by atoms with Gasteiger partial charge in [0.2, 0.25) is 0 Å². The molecule has 1 N–H and O–H groups in total. The number of aliphatic hydroxyl groups excluding tert-OH is 1. The first-order chi connectivity index (χ1) is 12.5. The number of imidazole rings is 1. The van der Waals surface area contributed by atoms with Crippen molar-refractivity contribution in [2.24, 2.45) is 0 Å². The molecule has 0 saturated heterocycles. The predicted molar refractivity (Wildman–Crippen MR) is 98.5 cm³/mol. The van der Waals surface area contributed by atoms with Crippen molar-refractivity contribution in [1.29, 1.82) is 0 Å². The highest BCUT2D eigenvalue weighted by Gasteiger charge is 2.12. The molecule has 0 fully saturated rings. The fraction of sp³-hybridized carbons (Fsp3) is 0.300. The molecule has 3 rings (SSSR count). The van der Waals surface area contributed by atoms with Gasteiger partial charge >= 0.3 is 5.97 Å². The molecule has 0 saturated carbocycles. The third-order valence-corrected chi connectivity index (χ3v) is 4.34. The van der Waals surface area contributed by atoms with E-state index < -0.39 is 12.1 Å². The van der Waals surface area contributed by atoms with E-state index >= 15 is 0 Å². The molecule has 0 spiro atoms. The summed E-state index contributed by atoms with van der Waals surface area (Å²) in [6, 6.07) is 10.8. The van der Waals surface area contributed by atoms with Crippen molar-refractivity contribution in [1.82, 2.24) is 9.55 Å². The van der Waals surface area contributed by atoms with Crippen molar-refractivity contribution < 1.29 is 19.4 Å². The van der Waals surface area contributed by atoms with Gasteiger partial charge in [-0.3, -0.25) is 0 Å². The Morgan fingerprint density at radius 2 is 2.00 bits per heavy atom. The lowest BCUT2D eigenvalue weighted by molar-refractivity contribution is 0.0599. The normalized spacial score (nSPS) is 12.2. The lowest BCUT2D eigenvalue weighted by atomic mass is 10.1. The van der Waals surface area contributed by atoms with Crippen molar-refractivity contribution >= 4 is 17.0 Å². The first-order valence-corrected chi connectivity index (χ1v) is 8.39. The second-order valence-electron chi connectivity index (χ2n) is 6.31. The molecule has 1 heterocycles. The minimum absolute atomic E-state index is 0.106. The van der Waals surface area contributed by atoms with Crippen LogP contribution in [-0.4, -0.2) is 40.4 Å². The van der Waals surface area contributed by atoms with Crippen LogP contribution in [0.5, 0.6) is 5.75 Å². The molecule has 1 atom stereocenters. The van der Waals surface area contributed by atoms with E-state index in [0.717, 1.165) is 11.0 Å². The topological polar surface area (TPSA) is 73.6 Å². The van der Waals surface area contributed by atoms with Gasteiger partial charge in [0.1, 0.15) is 18.5 Å². The number of carbonyl (C=O) groups is 1. The maximum Gasteiger partial charge on any atom is 0.337 e. The zero-order valence-electron chi connectivity index (χ0n) is 15.1. The molecule has 0 amide bonds. The number of aryl methyl sites for hydroxylation is 2. The molecule has 0 aliphatic rings. The molecule has 26 heavy (non-hydrogen) atoms. The van der Waals surface area contributed by atoms with Crippen molar-refractivity contribution in [3.63, 3.8) is 0 Å². The summed E-state index contributed by atoms with van der Waals surface area (Å²) < 4.78 is 12.2. The number of aliphatic hydroxyl groups is 1. The van der Waals surface area contributed by atoms with Crippen LogP contribution in [0.25, 0.3) is 11.0 Å². The van der Waals surface area contributed by atoms with Crippen molar-refractivity contribution in [2.45, 2.75) is 26.5 Å². The summed E-state index contributed by atoms with van der Waals surface area (Å²) in [4.78, 5) is 15.9. The molecule has 0 aliphatic heterocycles. The van der Waals surface area contributed by atoms with E-state index in [1.54, 1.807) is 30.6 Å². The van der Waals surface area contributed by atoms with Gasteiger partial charge in [0.25, 0.3) is 0 Å². The van der Waals surface area contributed by atoms with Crippen LogP contribution >= 0.6 is 0 Å². The van der Waals surface area contributed by atoms with Gasteiger partial charge in [-0.15, -0.1) is 0 Å². The number of hydrogen-bond donors (Lipinski definition) is 1. The summed E-state index contributed by atoms with van der Waals surface area (Å²) in [5, 5.41) is 10.3. The number of fused-ring (bicyclic) bond motifs is 1. The van der Waals surface area contributed by atoms with E-state index in [9.17, 15) is 9.90 Å². The summed E-state index contributed by atoms with van der Waals surface area (Å²) in [6.07, 6.45) is 1.01. The molecular formula is C20H22N2O4. The van der Waals surface area contributed by atoms with Gasteiger partial charge in [-0.1, -0.05) is 6.07 Å². The van der Waals surface area contributed by atoms with Crippen LogP contribution in [0.2, 0.25) is 0 Å². The molecule has 0 aliphatic carbocycles. The molecule has 3 aromatic rings. The number of ether oxygens (including phenoxy) is 2. The number of carbonyl (C=O) groups excluding carboxylic acids is 1. The Hall–Kier alpha value is -2.86. The minimum atomic E-state index is -0.712. The zero-order chi connectivity index (χ0) is 18.7. The number of hydrogen-bond acceptors (Lipinski definition) is 5. The molecule has 6 heteroatoms. The Kier molecular flexibility index (Phi) is 5.23. The quantitative estimate of drug-likeness (QED) is 0.689. The highest BCUT2D eigenvalue weighted by Crippen LogP contribution is 2.19. The number of aromatic nitrogens is 2. The minimum Gasteiger partial charge on any atom is -0.491 e. The SMILES string of the molecule is COC(=O)c1cccc(OC[C@H](O)Cn2cnc3cc(C)c(C)cc32)c1. The predicted octanol–water partition coefficient (Wildman–Crippen LogP) is 2.88. The van der Waals surface area contributed by atoms with E-state index in [0.29, 0.717) is 17.9 Å². The first-order valence-electron chi connectivity index (χ1n) is 8.39. The average Bonchev–Trinajstić information content (AvgIpc) is 3.01. The van der Waals surface area contributed by atoms with Gasteiger partial charge in [0.15, 0.2) is 0 Å². The third-order valence-electron chi connectivity index (χ3n) is 4.34. The lowest BCUT2D eigenvalue weighted by Crippen LogP contribution is -2.23. The van der Waals surface area contributed by atoms with Crippen LogP contribution < -0.4 is 4.74 Å². The van der Waals surface area contributed by atoms with Crippen LogP contribution in [0.4, 0.5) is 0 Å². The van der Waals surface area contributed by atoms with E-state index in [-0.39, 0.29) is 6.61 Å². The van der Waals surface area contributed by atoms with Gasteiger partial charge in [-0.05, 0) is 55.3 Å². The van der Waals surface area contributed by atoms with Crippen LogP contribution in [-0.2, 0) is 11.3 Å². The standard InChI is InChI=1S/C20H22N2O4/c1-13-7-18-19(8-14(13)2)22(12-21-18)10-16(23)11-26-17-6-4-5-15(9-17)20(24)25-3/h4-9,12,16,23H,10-11H2,1-3H3/t16-/m1/s1. The summed E-state index contributed by atoms with van der Waals surface area (Å²) in [5.41, 5.74) is 4.68. The number of nitrogens with zero attached hydrogens (tertiary/aromatic N) is 2. The molecule has 2 aromatic carbocycles. The Balaban J connectivity index is 1.65. The monoisotopic (exact) mass is 354 g/mol. The van der Waals surface area contributed by atoms with Crippen LogP contribution in [0.3, 0.4) is 0 Å². The van der Waals surface area contributed by atoms with E-state index in [1.165, 1.54) is 18.2 Å². The van der Waals surface area contributed by atoms with Crippen molar-refractivity contribution in [2.75, 3.05) is 13.7 Å². The molecule has 0 unspecified atom stereocenters. The Bertz CT molecular complexity index is 933. The molecular weight excluding hydrogens is 332 g/mol. The molecule has 0 radical (unpaired) electrons. The molecule has 6 nitrogen and oxygen atoms in total. The maximum absolute atomic E-state index is 11.6. The van der Waals surface area contributed by atoms with Crippen molar-refractivity contribution in [3.05, 3.63) is 59.4 Å². The average molecular weight is 354 g/mol.